The Hall–Kier alpha value is -4.44. The van der Waals surface area contributed by atoms with Crippen LogP contribution in [0.15, 0.2) is 16.9 Å². The molecule has 15 heteroatoms. The number of halogens is 3. The number of piperazine rings is 1. The number of ether oxygens (including phenoxy) is 1. The summed E-state index contributed by atoms with van der Waals surface area (Å²) in [7, 11) is 0. The van der Waals surface area contributed by atoms with Crippen LogP contribution in [-0.4, -0.2) is 76.0 Å². The van der Waals surface area contributed by atoms with Crippen molar-refractivity contribution in [2.24, 2.45) is 0 Å². The predicted molar refractivity (Wildman–Crippen MR) is 175 cm³/mol. The van der Waals surface area contributed by atoms with Crippen LogP contribution in [0.25, 0.3) is 32.2 Å². The number of aromatic nitrogens is 3. The lowest BCUT2D eigenvalue weighted by Crippen LogP contribution is -2.51. The standard InChI is InChI=1S/C33H32F3N9O2S/c34-17-11-33(7-1-9-44(33)13-17)16-47-32-41-26-24(30(42-32)43-14-18-3-4-19(15-43)40-18)31(46)45(10-2-8-37)27(25(26)36)20-5-6-22(35)28-23(20)21(12-38)29(39)48-28/h5-6,17-19,40H,1-4,7,9-11,13-16,39H2/t17-,18?,19?,33+/m1/s1. The Morgan fingerprint density at radius 3 is 2.69 bits per heavy atom. The van der Waals surface area contributed by atoms with Crippen LogP contribution in [0.1, 0.15) is 44.1 Å². The molecule has 2 unspecified atom stereocenters. The number of fused-ring (bicyclic) bond motifs is 5. The van der Waals surface area contributed by atoms with Crippen LogP contribution in [0.3, 0.4) is 0 Å². The number of nitrogen functional groups attached to an aromatic ring is 1. The first kappa shape index (κ1) is 30.9. The fourth-order valence-corrected chi connectivity index (χ4v) is 9.25. The van der Waals surface area contributed by atoms with Crippen LogP contribution in [0.2, 0.25) is 0 Å². The molecule has 4 fully saturated rings. The number of nitrogens with two attached hydrogens (primary N) is 1. The number of benzene rings is 1. The summed E-state index contributed by atoms with van der Waals surface area (Å²) >= 11 is 0.861. The minimum atomic E-state index is -0.970. The molecule has 4 atom stereocenters. The molecule has 8 rings (SSSR count). The molecule has 4 aliphatic rings. The molecule has 3 aromatic heterocycles. The summed E-state index contributed by atoms with van der Waals surface area (Å²) in [5.74, 6) is -1.32. The van der Waals surface area contributed by atoms with Gasteiger partial charge < -0.3 is 25.3 Å². The first-order valence-corrected chi connectivity index (χ1v) is 17.0. The van der Waals surface area contributed by atoms with Gasteiger partial charge in [0.2, 0.25) is 0 Å². The Labute approximate surface area is 277 Å². The SMILES string of the molecule is N#CCCn1c(-c2ccc(F)c3sc(N)c(C#N)c23)c(F)c2nc(OC[C@@]34CCCN3C[C@H](F)C4)nc(N3CC4CCC(C3)N4)c2c1=O. The van der Waals surface area contributed by atoms with E-state index in [1.807, 2.05) is 17.0 Å². The lowest BCUT2D eigenvalue weighted by atomic mass is 9.95. The summed E-state index contributed by atoms with van der Waals surface area (Å²) < 4.78 is 54.3. The van der Waals surface area contributed by atoms with Gasteiger partial charge in [-0.3, -0.25) is 9.69 Å². The third kappa shape index (κ3) is 4.78. The van der Waals surface area contributed by atoms with Gasteiger partial charge >= 0.3 is 6.01 Å². The number of anilines is 2. The Balaban J connectivity index is 1.36. The number of pyridine rings is 1. The van der Waals surface area contributed by atoms with Crippen molar-refractivity contribution in [2.75, 3.05) is 43.4 Å². The molecule has 7 heterocycles. The van der Waals surface area contributed by atoms with E-state index in [4.69, 9.17) is 15.5 Å². The maximum absolute atomic E-state index is 17.3. The van der Waals surface area contributed by atoms with Crippen LogP contribution >= 0.6 is 11.3 Å². The second kappa shape index (κ2) is 11.6. The van der Waals surface area contributed by atoms with Crippen molar-refractivity contribution in [1.29, 1.82) is 10.5 Å². The summed E-state index contributed by atoms with van der Waals surface area (Å²) in [4.78, 5) is 27.8. The van der Waals surface area contributed by atoms with Crippen molar-refractivity contribution in [1.82, 2.24) is 24.8 Å². The topological polar surface area (TPSA) is 149 Å². The lowest BCUT2D eigenvalue weighted by Gasteiger charge is -2.34. The highest BCUT2D eigenvalue weighted by Gasteiger charge is 2.49. The van der Waals surface area contributed by atoms with Crippen molar-refractivity contribution in [3.8, 4) is 29.4 Å². The van der Waals surface area contributed by atoms with Gasteiger partial charge in [0, 0.05) is 55.6 Å². The second-order valence-electron chi connectivity index (χ2n) is 13.2. The quantitative estimate of drug-likeness (QED) is 0.292. The zero-order valence-corrected chi connectivity index (χ0v) is 26.8. The molecule has 0 aliphatic carbocycles. The van der Waals surface area contributed by atoms with E-state index >= 15 is 8.78 Å². The summed E-state index contributed by atoms with van der Waals surface area (Å²) in [5.41, 5.74) is 4.47. The molecule has 2 bridgehead atoms. The number of alkyl halides is 1. The van der Waals surface area contributed by atoms with E-state index in [2.05, 4.69) is 15.2 Å². The number of nitrogens with zero attached hydrogens (tertiary/aromatic N) is 7. The van der Waals surface area contributed by atoms with Gasteiger partial charge in [0.05, 0.1) is 34.0 Å². The van der Waals surface area contributed by atoms with Crippen LogP contribution in [0.5, 0.6) is 6.01 Å². The maximum atomic E-state index is 17.3. The first-order chi connectivity index (χ1) is 23.2. The van der Waals surface area contributed by atoms with Crippen LogP contribution < -0.4 is 26.2 Å². The largest absolute Gasteiger partial charge is 0.461 e. The van der Waals surface area contributed by atoms with Gasteiger partial charge in [-0.25, -0.2) is 13.2 Å². The van der Waals surface area contributed by atoms with Crippen molar-refractivity contribution in [2.45, 2.75) is 68.9 Å². The summed E-state index contributed by atoms with van der Waals surface area (Å²) in [5, 5.41) is 23.1. The van der Waals surface area contributed by atoms with Crippen molar-refractivity contribution in [3.05, 3.63) is 39.7 Å². The van der Waals surface area contributed by atoms with E-state index in [-0.39, 0.29) is 86.3 Å². The Kier molecular flexibility index (Phi) is 7.47. The third-order valence-corrected chi connectivity index (χ3v) is 11.4. The number of hydrogen-bond acceptors (Lipinski definition) is 11. The fourth-order valence-electron chi connectivity index (χ4n) is 8.30. The zero-order valence-electron chi connectivity index (χ0n) is 25.9. The molecule has 0 amide bonds. The van der Waals surface area contributed by atoms with Gasteiger partial charge in [-0.15, -0.1) is 11.3 Å². The zero-order chi connectivity index (χ0) is 33.3. The van der Waals surface area contributed by atoms with Gasteiger partial charge in [0.15, 0.2) is 5.82 Å². The normalized spacial score (nSPS) is 25.1. The van der Waals surface area contributed by atoms with Crippen molar-refractivity contribution in [3.63, 3.8) is 0 Å². The van der Waals surface area contributed by atoms with Crippen LogP contribution in [0, 0.1) is 34.3 Å². The van der Waals surface area contributed by atoms with Gasteiger partial charge in [-0.05, 0) is 44.4 Å². The summed E-state index contributed by atoms with van der Waals surface area (Å²) in [6.45, 7) is 2.09. The molecular weight excluding hydrogens is 643 g/mol. The Bertz CT molecular complexity index is 2110. The molecule has 0 radical (unpaired) electrons. The smallest absolute Gasteiger partial charge is 0.319 e. The van der Waals surface area contributed by atoms with E-state index in [9.17, 15) is 19.7 Å². The molecule has 3 N–H and O–H groups in total. The number of thiophene rings is 1. The predicted octanol–water partition coefficient (Wildman–Crippen LogP) is 4.21. The molecular formula is C33H32F3N9O2S. The highest BCUT2D eigenvalue weighted by Crippen LogP contribution is 2.43. The number of rotatable bonds is 7. The molecule has 4 aromatic rings. The highest BCUT2D eigenvalue weighted by molar-refractivity contribution is 7.23. The van der Waals surface area contributed by atoms with Crippen molar-refractivity contribution < 1.29 is 17.9 Å². The number of nitrogens with one attached hydrogen (secondary N) is 1. The minimum absolute atomic E-state index is 0.0323. The highest BCUT2D eigenvalue weighted by atomic mass is 32.1. The van der Waals surface area contributed by atoms with Crippen LogP contribution in [-0.2, 0) is 6.54 Å². The minimum Gasteiger partial charge on any atom is -0.461 e. The second-order valence-corrected chi connectivity index (χ2v) is 14.3. The average molecular weight is 676 g/mol. The van der Waals surface area contributed by atoms with E-state index in [0.717, 1.165) is 54.2 Å². The fraction of sp³-hybridized carbons (Fsp3) is 0.485. The monoisotopic (exact) mass is 675 g/mol. The molecule has 0 saturated carbocycles. The molecule has 4 aliphatic heterocycles. The van der Waals surface area contributed by atoms with E-state index in [1.165, 1.54) is 6.07 Å². The molecule has 1 aromatic carbocycles. The number of hydrogen-bond donors (Lipinski definition) is 2. The maximum Gasteiger partial charge on any atom is 0.319 e. The molecule has 248 valence electrons. The van der Waals surface area contributed by atoms with Gasteiger partial charge in [-0.1, -0.05) is 0 Å². The molecule has 0 spiro atoms. The van der Waals surface area contributed by atoms with E-state index in [0.29, 0.717) is 26.1 Å². The van der Waals surface area contributed by atoms with E-state index in [1.54, 1.807) is 0 Å². The molecule has 4 saturated heterocycles. The van der Waals surface area contributed by atoms with Gasteiger partial charge in [0.25, 0.3) is 5.56 Å². The third-order valence-electron chi connectivity index (χ3n) is 10.4. The number of nitriles is 2. The molecule has 11 nitrogen and oxygen atoms in total. The Morgan fingerprint density at radius 2 is 1.94 bits per heavy atom. The van der Waals surface area contributed by atoms with Crippen molar-refractivity contribution >= 4 is 43.1 Å². The Morgan fingerprint density at radius 1 is 1.15 bits per heavy atom. The molecule has 48 heavy (non-hydrogen) atoms. The summed E-state index contributed by atoms with van der Waals surface area (Å²) in [6.07, 6.45) is 2.79. The first-order valence-electron chi connectivity index (χ1n) is 16.2. The van der Waals surface area contributed by atoms with Crippen LogP contribution in [0.4, 0.5) is 24.0 Å². The average Bonchev–Trinajstić information content (AvgIpc) is 3.81. The van der Waals surface area contributed by atoms with Gasteiger partial charge in [0.1, 0.15) is 46.4 Å². The van der Waals surface area contributed by atoms with E-state index < -0.39 is 28.9 Å². The van der Waals surface area contributed by atoms with Gasteiger partial charge in [-0.2, -0.15) is 20.5 Å². The summed E-state index contributed by atoms with van der Waals surface area (Å²) in [6, 6.07) is 6.66. The lowest BCUT2D eigenvalue weighted by molar-refractivity contribution is 0.107.